The van der Waals surface area contributed by atoms with Crippen LogP contribution in [-0.4, -0.2) is 29.2 Å². The Morgan fingerprint density at radius 3 is 2.94 bits per heavy atom. The highest BCUT2D eigenvalue weighted by Crippen LogP contribution is 2.24. The first-order valence-electron chi connectivity index (χ1n) is 5.99. The first-order chi connectivity index (χ1) is 8.43. The fourth-order valence-corrected chi connectivity index (χ4v) is 2.15. The Balaban J connectivity index is 1.89. The van der Waals surface area contributed by atoms with Crippen LogP contribution >= 0.6 is 0 Å². The van der Waals surface area contributed by atoms with Crippen LogP contribution in [0.25, 0.3) is 10.8 Å². The summed E-state index contributed by atoms with van der Waals surface area (Å²) in [7, 11) is 0. The summed E-state index contributed by atoms with van der Waals surface area (Å²) < 4.78 is 5.99. The minimum Gasteiger partial charge on any atom is -0.474 e. The maximum absolute atomic E-state index is 5.99. The molecular weight excluding hydrogens is 214 g/mol. The zero-order chi connectivity index (χ0) is 11.5. The van der Waals surface area contributed by atoms with Crippen LogP contribution in [0.2, 0.25) is 0 Å². The van der Waals surface area contributed by atoms with Crippen molar-refractivity contribution in [1.29, 1.82) is 0 Å². The molecule has 0 aliphatic carbocycles. The number of aromatic nitrogens is 2. The Morgan fingerprint density at radius 2 is 2.06 bits per heavy atom. The van der Waals surface area contributed by atoms with Gasteiger partial charge in [-0.1, -0.05) is 0 Å². The van der Waals surface area contributed by atoms with Gasteiger partial charge in [0.25, 0.3) is 0 Å². The van der Waals surface area contributed by atoms with E-state index >= 15 is 0 Å². The van der Waals surface area contributed by atoms with Gasteiger partial charge in [-0.2, -0.15) is 0 Å². The van der Waals surface area contributed by atoms with Crippen molar-refractivity contribution >= 4 is 10.8 Å². The average Bonchev–Trinajstić information content (AvgIpc) is 2.40. The van der Waals surface area contributed by atoms with Gasteiger partial charge in [0.2, 0.25) is 5.88 Å². The molecule has 1 aliphatic heterocycles. The molecule has 88 valence electrons. The Morgan fingerprint density at radius 1 is 1.18 bits per heavy atom. The minimum atomic E-state index is 0.280. The van der Waals surface area contributed by atoms with Gasteiger partial charge < -0.3 is 10.1 Å². The van der Waals surface area contributed by atoms with E-state index in [4.69, 9.17) is 4.74 Å². The van der Waals surface area contributed by atoms with Crippen LogP contribution < -0.4 is 10.1 Å². The monoisotopic (exact) mass is 229 g/mol. The average molecular weight is 229 g/mol. The molecule has 0 spiro atoms. The van der Waals surface area contributed by atoms with Crippen LogP contribution in [0.3, 0.4) is 0 Å². The molecule has 0 amide bonds. The lowest BCUT2D eigenvalue weighted by atomic mass is 10.1. The lowest BCUT2D eigenvalue weighted by Gasteiger charge is -2.23. The number of rotatable bonds is 2. The summed E-state index contributed by atoms with van der Waals surface area (Å²) in [5.74, 6) is 0.733. The molecule has 1 N–H and O–H groups in total. The van der Waals surface area contributed by atoms with E-state index in [1.807, 2.05) is 18.3 Å². The number of piperidine rings is 1. The van der Waals surface area contributed by atoms with Crippen molar-refractivity contribution in [3.8, 4) is 5.88 Å². The van der Waals surface area contributed by atoms with Crippen LogP contribution in [-0.2, 0) is 0 Å². The van der Waals surface area contributed by atoms with Crippen LogP contribution in [0.15, 0.2) is 30.7 Å². The Hall–Kier alpha value is -1.68. The summed E-state index contributed by atoms with van der Waals surface area (Å²) in [5.41, 5.74) is 0. The van der Waals surface area contributed by atoms with Crippen molar-refractivity contribution < 1.29 is 4.74 Å². The smallest absolute Gasteiger partial charge is 0.221 e. The Bertz CT molecular complexity index is 503. The number of nitrogens with zero attached hydrogens (tertiary/aromatic N) is 2. The molecule has 0 unspecified atom stereocenters. The van der Waals surface area contributed by atoms with Gasteiger partial charge in [-0.25, -0.2) is 4.98 Å². The van der Waals surface area contributed by atoms with E-state index < -0.39 is 0 Å². The summed E-state index contributed by atoms with van der Waals surface area (Å²) in [6, 6.07) is 3.91. The number of ether oxygens (including phenoxy) is 1. The Labute approximate surface area is 100 Å². The summed E-state index contributed by atoms with van der Waals surface area (Å²) in [4.78, 5) is 8.44. The van der Waals surface area contributed by atoms with Crippen molar-refractivity contribution in [1.82, 2.24) is 15.3 Å². The molecule has 17 heavy (non-hydrogen) atoms. The van der Waals surface area contributed by atoms with E-state index in [2.05, 4.69) is 15.3 Å². The van der Waals surface area contributed by atoms with E-state index in [0.717, 1.165) is 42.6 Å². The molecule has 1 saturated heterocycles. The topological polar surface area (TPSA) is 47.0 Å². The zero-order valence-electron chi connectivity index (χ0n) is 9.60. The first kappa shape index (κ1) is 10.5. The molecule has 2 aromatic rings. The molecule has 0 radical (unpaired) electrons. The van der Waals surface area contributed by atoms with E-state index in [1.165, 1.54) is 0 Å². The number of nitrogens with one attached hydrogen (secondary N) is 1. The summed E-state index contributed by atoms with van der Waals surface area (Å²) in [5, 5.41) is 5.45. The van der Waals surface area contributed by atoms with E-state index in [9.17, 15) is 0 Å². The van der Waals surface area contributed by atoms with Crippen LogP contribution in [0.1, 0.15) is 12.8 Å². The molecule has 0 bridgehead atoms. The maximum Gasteiger partial charge on any atom is 0.221 e. The molecule has 1 fully saturated rings. The van der Waals surface area contributed by atoms with E-state index in [0.29, 0.717) is 0 Å². The van der Waals surface area contributed by atoms with Gasteiger partial charge >= 0.3 is 0 Å². The summed E-state index contributed by atoms with van der Waals surface area (Å²) >= 11 is 0. The van der Waals surface area contributed by atoms with Gasteiger partial charge in [0.05, 0.1) is 0 Å². The minimum absolute atomic E-state index is 0.280. The fraction of sp³-hybridized carbons (Fsp3) is 0.385. The molecule has 0 aromatic carbocycles. The number of fused-ring (bicyclic) bond motifs is 1. The second-order valence-electron chi connectivity index (χ2n) is 4.28. The lowest BCUT2D eigenvalue weighted by molar-refractivity contribution is 0.158. The zero-order valence-corrected chi connectivity index (χ0v) is 9.60. The highest BCUT2D eigenvalue weighted by Gasteiger charge is 2.16. The standard InChI is InChI=1S/C13H15N3O/c1-8-16-13(12-4-7-15-9-10(1)12)17-11-2-5-14-6-3-11/h1,4,7-9,11,14H,2-3,5-6H2. The lowest BCUT2D eigenvalue weighted by Crippen LogP contribution is -2.34. The third-order valence-corrected chi connectivity index (χ3v) is 3.09. The highest BCUT2D eigenvalue weighted by atomic mass is 16.5. The number of hydrogen-bond donors (Lipinski definition) is 1. The van der Waals surface area contributed by atoms with Crippen LogP contribution in [0.5, 0.6) is 5.88 Å². The van der Waals surface area contributed by atoms with Gasteiger partial charge in [0, 0.05) is 29.4 Å². The van der Waals surface area contributed by atoms with Gasteiger partial charge in [-0.05, 0) is 38.1 Å². The van der Waals surface area contributed by atoms with Crippen molar-refractivity contribution in [2.75, 3.05) is 13.1 Å². The van der Waals surface area contributed by atoms with Crippen molar-refractivity contribution in [3.05, 3.63) is 30.7 Å². The maximum atomic E-state index is 5.99. The van der Waals surface area contributed by atoms with Gasteiger partial charge in [-0.15, -0.1) is 0 Å². The second kappa shape index (κ2) is 4.67. The van der Waals surface area contributed by atoms with E-state index in [1.54, 1.807) is 12.4 Å². The molecule has 2 aromatic heterocycles. The molecule has 1 aliphatic rings. The molecule has 4 nitrogen and oxygen atoms in total. The molecular formula is C13H15N3O. The van der Waals surface area contributed by atoms with Crippen LogP contribution in [0, 0.1) is 0 Å². The van der Waals surface area contributed by atoms with Crippen molar-refractivity contribution in [3.63, 3.8) is 0 Å². The molecule has 3 rings (SSSR count). The first-order valence-corrected chi connectivity index (χ1v) is 5.99. The third-order valence-electron chi connectivity index (χ3n) is 3.09. The Kier molecular flexibility index (Phi) is 2.88. The summed E-state index contributed by atoms with van der Waals surface area (Å²) in [6.45, 7) is 2.05. The quantitative estimate of drug-likeness (QED) is 0.852. The largest absolute Gasteiger partial charge is 0.474 e. The molecule has 3 heterocycles. The molecule has 4 heteroatoms. The van der Waals surface area contributed by atoms with Gasteiger partial charge in [0.1, 0.15) is 6.10 Å². The SMILES string of the molecule is c1cc2c(OC3CCNCC3)nccc2cn1. The number of hydrogen-bond acceptors (Lipinski definition) is 4. The highest BCUT2D eigenvalue weighted by molar-refractivity contribution is 5.85. The van der Waals surface area contributed by atoms with E-state index in [-0.39, 0.29) is 6.10 Å². The predicted octanol–water partition coefficient (Wildman–Crippen LogP) is 1.76. The molecule has 0 atom stereocenters. The normalized spacial score (nSPS) is 17.2. The number of pyridine rings is 2. The van der Waals surface area contributed by atoms with Gasteiger partial charge in [0.15, 0.2) is 0 Å². The second-order valence-corrected chi connectivity index (χ2v) is 4.28. The predicted molar refractivity (Wildman–Crippen MR) is 66.1 cm³/mol. The van der Waals surface area contributed by atoms with Crippen LogP contribution in [0.4, 0.5) is 0 Å². The van der Waals surface area contributed by atoms with Crippen molar-refractivity contribution in [2.45, 2.75) is 18.9 Å². The van der Waals surface area contributed by atoms with Gasteiger partial charge in [-0.3, -0.25) is 4.98 Å². The fourth-order valence-electron chi connectivity index (χ4n) is 2.15. The third kappa shape index (κ3) is 2.22. The molecule has 0 saturated carbocycles. The van der Waals surface area contributed by atoms with Crippen molar-refractivity contribution in [2.24, 2.45) is 0 Å². The summed E-state index contributed by atoms with van der Waals surface area (Å²) in [6.07, 6.45) is 7.76.